The Bertz CT molecular complexity index is 336. The van der Waals surface area contributed by atoms with Crippen LogP contribution in [0.2, 0.25) is 0 Å². The van der Waals surface area contributed by atoms with E-state index in [4.69, 9.17) is 4.74 Å². The van der Waals surface area contributed by atoms with Gasteiger partial charge in [-0.25, -0.2) is 9.59 Å². The molecule has 1 saturated carbocycles. The van der Waals surface area contributed by atoms with Crippen molar-refractivity contribution in [2.45, 2.75) is 63.7 Å². The summed E-state index contributed by atoms with van der Waals surface area (Å²) >= 11 is 0. The molecule has 6 heteroatoms. The van der Waals surface area contributed by atoms with Crippen LogP contribution in [0.5, 0.6) is 0 Å². The Morgan fingerprint density at radius 3 is 2.39 bits per heavy atom. The van der Waals surface area contributed by atoms with E-state index in [9.17, 15) is 19.8 Å². The van der Waals surface area contributed by atoms with Crippen LogP contribution in [0.4, 0.5) is 4.79 Å². The molecule has 0 bridgehead atoms. The Morgan fingerprint density at radius 2 is 1.94 bits per heavy atom. The highest BCUT2D eigenvalue weighted by Crippen LogP contribution is 2.29. The van der Waals surface area contributed by atoms with Crippen LogP contribution in [-0.2, 0) is 9.53 Å². The van der Waals surface area contributed by atoms with Gasteiger partial charge in [0.1, 0.15) is 5.60 Å². The summed E-state index contributed by atoms with van der Waals surface area (Å²) in [6.45, 7) is 5.08. The monoisotopic (exact) mass is 259 g/mol. The smallest absolute Gasteiger partial charge is 0.408 e. The van der Waals surface area contributed by atoms with Gasteiger partial charge in [0.2, 0.25) is 0 Å². The van der Waals surface area contributed by atoms with Crippen LogP contribution in [-0.4, -0.2) is 39.5 Å². The first-order valence-electron chi connectivity index (χ1n) is 6.10. The number of nitrogens with one attached hydrogen (secondary N) is 1. The fourth-order valence-electron chi connectivity index (χ4n) is 2.09. The van der Waals surface area contributed by atoms with Crippen molar-refractivity contribution in [2.75, 3.05) is 0 Å². The summed E-state index contributed by atoms with van der Waals surface area (Å²) < 4.78 is 5.04. The second-order valence-corrected chi connectivity index (χ2v) is 5.66. The van der Waals surface area contributed by atoms with Crippen LogP contribution >= 0.6 is 0 Å². The number of carboxylic acid groups (broad SMARTS) is 1. The Labute approximate surface area is 106 Å². The van der Waals surface area contributed by atoms with Gasteiger partial charge in [-0.3, -0.25) is 0 Å². The summed E-state index contributed by atoms with van der Waals surface area (Å²) in [5, 5.41) is 21.5. The zero-order valence-corrected chi connectivity index (χ0v) is 11.0. The van der Waals surface area contributed by atoms with E-state index < -0.39 is 29.3 Å². The zero-order chi connectivity index (χ0) is 14.0. The molecule has 104 valence electrons. The van der Waals surface area contributed by atoms with Gasteiger partial charge in [-0.1, -0.05) is 12.8 Å². The summed E-state index contributed by atoms with van der Waals surface area (Å²) in [5.74, 6) is -1.22. The average molecular weight is 259 g/mol. The van der Waals surface area contributed by atoms with E-state index in [0.29, 0.717) is 12.8 Å². The number of alkyl carbamates (subject to hydrolysis) is 1. The van der Waals surface area contributed by atoms with E-state index in [2.05, 4.69) is 5.32 Å². The third kappa shape index (κ3) is 3.35. The van der Waals surface area contributed by atoms with Gasteiger partial charge < -0.3 is 20.3 Å². The van der Waals surface area contributed by atoms with Gasteiger partial charge in [-0.15, -0.1) is 0 Å². The first kappa shape index (κ1) is 14.8. The normalized spacial score (nSPS) is 28.6. The van der Waals surface area contributed by atoms with Crippen LogP contribution < -0.4 is 5.32 Å². The molecule has 18 heavy (non-hydrogen) atoms. The summed E-state index contributed by atoms with van der Waals surface area (Å²) in [6.07, 6.45) is 0.0815. The number of amides is 1. The fraction of sp³-hybridized carbons (Fsp3) is 0.833. The molecule has 3 N–H and O–H groups in total. The molecule has 0 heterocycles. The van der Waals surface area contributed by atoms with E-state index in [-0.39, 0.29) is 6.42 Å². The van der Waals surface area contributed by atoms with Gasteiger partial charge in [0.25, 0.3) is 0 Å². The molecular formula is C12H21NO5. The lowest BCUT2D eigenvalue weighted by atomic mass is 9.79. The number of aliphatic hydroxyl groups excluding tert-OH is 1. The molecule has 0 radical (unpaired) electrons. The first-order valence-corrected chi connectivity index (χ1v) is 6.10. The highest BCUT2D eigenvalue weighted by Gasteiger charge is 2.48. The molecule has 0 aliphatic heterocycles. The van der Waals surface area contributed by atoms with Crippen molar-refractivity contribution in [1.82, 2.24) is 5.32 Å². The number of ether oxygens (including phenoxy) is 1. The quantitative estimate of drug-likeness (QED) is 0.694. The molecule has 0 saturated heterocycles. The van der Waals surface area contributed by atoms with Crippen LogP contribution in [0.1, 0.15) is 46.5 Å². The summed E-state index contributed by atoms with van der Waals surface area (Å²) in [5.41, 5.74) is -2.33. The molecule has 1 aliphatic rings. The molecule has 6 nitrogen and oxygen atoms in total. The second kappa shape index (κ2) is 5.14. The maximum atomic E-state index is 11.7. The number of carboxylic acids is 1. The summed E-state index contributed by atoms with van der Waals surface area (Å²) in [4.78, 5) is 23.0. The van der Waals surface area contributed by atoms with E-state index in [1.807, 2.05) is 0 Å². The Hall–Kier alpha value is -1.30. The second-order valence-electron chi connectivity index (χ2n) is 5.66. The highest BCUT2D eigenvalue weighted by molar-refractivity contribution is 5.85. The number of aliphatic carboxylic acids is 1. The fourth-order valence-corrected chi connectivity index (χ4v) is 2.09. The van der Waals surface area contributed by atoms with Crippen molar-refractivity contribution >= 4 is 12.1 Å². The Morgan fingerprint density at radius 1 is 1.33 bits per heavy atom. The number of carbonyl (C=O) groups excluding carboxylic acids is 1. The number of aliphatic hydroxyl groups is 1. The average Bonchev–Trinajstić information content (AvgIpc) is 2.18. The predicted octanol–water partition coefficient (Wildman–Crippen LogP) is 1.27. The first-order chi connectivity index (χ1) is 8.17. The molecule has 0 aromatic rings. The molecule has 1 amide bonds. The lowest BCUT2D eigenvalue weighted by molar-refractivity contribution is -0.152. The van der Waals surface area contributed by atoms with Gasteiger partial charge in [-0.2, -0.15) is 0 Å². The Kier molecular flexibility index (Phi) is 4.21. The SMILES string of the molecule is CC(C)(C)OC(=O)N[C@@]1(C(=O)O)CCCCC1O. The molecule has 2 atom stereocenters. The maximum Gasteiger partial charge on any atom is 0.408 e. The van der Waals surface area contributed by atoms with Crippen LogP contribution in [0, 0.1) is 0 Å². The number of hydrogen-bond acceptors (Lipinski definition) is 4. The van der Waals surface area contributed by atoms with Crippen molar-refractivity contribution in [3.63, 3.8) is 0 Å². The van der Waals surface area contributed by atoms with Crippen LogP contribution in [0.25, 0.3) is 0 Å². The van der Waals surface area contributed by atoms with Crippen molar-refractivity contribution in [2.24, 2.45) is 0 Å². The molecular weight excluding hydrogens is 238 g/mol. The molecule has 0 aromatic heterocycles. The van der Waals surface area contributed by atoms with Crippen molar-refractivity contribution < 1.29 is 24.5 Å². The maximum absolute atomic E-state index is 11.7. The predicted molar refractivity (Wildman–Crippen MR) is 64.2 cm³/mol. The standard InChI is InChI=1S/C12H21NO5/c1-11(2,3)18-10(17)13-12(9(15)16)7-5-4-6-8(12)14/h8,14H,4-7H2,1-3H3,(H,13,17)(H,15,16)/t8?,12-/m0/s1. The molecule has 1 rings (SSSR count). The van der Waals surface area contributed by atoms with Crippen molar-refractivity contribution in [1.29, 1.82) is 0 Å². The largest absolute Gasteiger partial charge is 0.479 e. The minimum atomic E-state index is -1.62. The van der Waals surface area contributed by atoms with Gasteiger partial charge in [0.05, 0.1) is 6.10 Å². The highest BCUT2D eigenvalue weighted by atomic mass is 16.6. The number of hydrogen-bond donors (Lipinski definition) is 3. The minimum absolute atomic E-state index is 0.211. The molecule has 1 unspecified atom stereocenters. The molecule has 0 aromatic carbocycles. The van der Waals surface area contributed by atoms with E-state index in [1.54, 1.807) is 20.8 Å². The third-order valence-corrected chi connectivity index (χ3v) is 2.97. The summed E-state index contributed by atoms with van der Waals surface area (Å²) in [6, 6.07) is 0. The van der Waals surface area contributed by atoms with Gasteiger partial charge in [-0.05, 0) is 33.6 Å². The van der Waals surface area contributed by atoms with Gasteiger partial charge in [0.15, 0.2) is 5.54 Å². The number of carbonyl (C=O) groups is 2. The lowest BCUT2D eigenvalue weighted by Gasteiger charge is -2.38. The zero-order valence-electron chi connectivity index (χ0n) is 11.0. The summed E-state index contributed by atoms with van der Waals surface area (Å²) in [7, 11) is 0. The van der Waals surface area contributed by atoms with Gasteiger partial charge >= 0.3 is 12.1 Å². The third-order valence-electron chi connectivity index (χ3n) is 2.97. The van der Waals surface area contributed by atoms with Crippen molar-refractivity contribution in [3.8, 4) is 0 Å². The van der Waals surface area contributed by atoms with Crippen LogP contribution in [0.3, 0.4) is 0 Å². The van der Waals surface area contributed by atoms with Crippen LogP contribution in [0.15, 0.2) is 0 Å². The lowest BCUT2D eigenvalue weighted by Crippen LogP contribution is -2.63. The van der Waals surface area contributed by atoms with E-state index in [0.717, 1.165) is 6.42 Å². The number of rotatable bonds is 2. The molecule has 1 aliphatic carbocycles. The molecule has 1 fully saturated rings. The molecule has 0 spiro atoms. The van der Waals surface area contributed by atoms with Crippen molar-refractivity contribution in [3.05, 3.63) is 0 Å². The topological polar surface area (TPSA) is 95.9 Å². The minimum Gasteiger partial charge on any atom is -0.479 e. The van der Waals surface area contributed by atoms with E-state index in [1.165, 1.54) is 0 Å². The van der Waals surface area contributed by atoms with E-state index >= 15 is 0 Å². The van der Waals surface area contributed by atoms with Gasteiger partial charge in [0, 0.05) is 0 Å². The Balaban J connectivity index is 2.80.